The molecule has 2 N–H and O–H groups in total. The Labute approximate surface area is 114 Å². The molecule has 0 aliphatic carbocycles. The van der Waals surface area contributed by atoms with E-state index in [9.17, 15) is 4.79 Å². The van der Waals surface area contributed by atoms with E-state index in [0.29, 0.717) is 11.6 Å². The van der Waals surface area contributed by atoms with E-state index in [2.05, 4.69) is 17.1 Å². The molecule has 1 aromatic rings. The van der Waals surface area contributed by atoms with E-state index in [1.54, 1.807) is 18.2 Å². The van der Waals surface area contributed by atoms with Crippen molar-refractivity contribution in [3.05, 3.63) is 35.4 Å². The van der Waals surface area contributed by atoms with Crippen LogP contribution < -0.4 is 5.32 Å². The van der Waals surface area contributed by atoms with E-state index < -0.39 is 5.97 Å². The fourth-order valence-electron chi connectivity index (χ4n) is 2.74. The Morgan fingerprint density at radius 3 is 3.11 bits per heavy atom. The maximum atomic E-state index is 10.9. The average molecular weight is 262 g/mol. The molecular formula is C15H22N2O2. The standard InChI is InChI=1S/C15H22N2O2/c1-2-17-8-4-7-14(17)11-16-10-12-5-3-6-13(9-12)15(18)19/h3,5-6,9,14,16H,2,4,7-8,10-11H2,1H3,(H,18,19). The molecule has 2 rings (SSSR count). The quantitative estimate of drug-likeness (QED) is 0.823. The number of aromatic carboxylic acids is 1. The SMILES string of the molecule is CCN1CCCC1CNCc1cccc(C(=O)O)c1. The number of nitrogens with zero attached hydrogens (tertiary/aromatic N) is 1. The predicted octanol–water partition coefficient (Wildman–Crippen LogP) is 1.96. The maximum absolute atomic E-state index is 10.9. The van der Waals surface area contributed by atoms with Crippen LogP contribution in [-0.4, -0.2) is 41.7 Å². The minimum atomic E-state index is -0.866. The molecule has 4 heteroatoms. The van der Waals surface area contributed by atoms with Crippen LogP contribution in [0.25, 0.3) is 0 Å². The van der Waals surface area contributed by atoms with Crippen molar-refractivity contribution in [2.24, 2.45) is 0 Å². The highest BCUT2D eigenvalue weighted by Crippen LogP contribution is 2.15. The largest absolute Gasteiger partial charge is 0.478 e. The first-order valence-corrected chi connectivity index (χ1v) is 6.97. The molecule has 19 heavy (non-hydrogen) atoms. The van der Waals surface area contributed by atoms with Gasteiger partial charge in [-0.25, -0.2) is 4.79 Å². The summed E-state index contributed by atoms with van der Waals surface area (Å²) in [6.07, 6.45) is 2.55. The third-order valence-electron chi connectivity index (χ3n) is 3.79. The summed E-state index contributed by atoms with van der Waals surface area (Å²) in [6, 6.07) is 7.76. The Bertz CT molecular complexity index is 434. The molecule has 1 saturated heterocycles. The van der Waals surface area contributed by atoms with Crippen molar-refractivity contribution < 1.29 is 9.90 Å². The summed E-state index contributed by atoms with van der Waals surface area (Å²) in [7, 11) is 0. The van der Waals surface area contributed by atoms with Gasteiger partial charge in [0.05, 0.1) is 5.56 Å². The van der Waals surface area contributed by atoms with E-state index in [1.807, 2.05) is 6.07 Å². The molecule has 1 heterocycles. The molecule has 0 spiro atoms. The molecule has 1 aliphatic heterocycles. The lowest BCUT2D eigenvalue weighted by Crippen LogP contribution is -2.37. The molecule has 1 aliphatic rings. The fourth-order valence-corrected chi connectivity index (χ4v) is 2.74. The minimum Gasteiger partial charge on any atom is -0.478 e. The van der Waals surface area contributed by atoms with Gasteiger partial charge in [-0.15, -0.1) is 0 Å². The monoisotopic (exact) mass is 262 g/mol. The highest BCUT2D eigenvalue weighted by Gasteiger charge is 2.21. The summed E-state index contributed by atoms with van der Waals surface area (Å²) in [5.41, 5.74) is 1.39. The molecule has 1 fully saturated rings. The summed E-state index contributed by atoms with van der Waals surface area (Å²) in [5.74, 6) is -0.866. The van der Waals surface area contributed by atoms with Gasteiger partial charge >= 0.3 is 5.97 Å². The Balaban J connectivity index is 1.82. The molecule has 1 atom stereocenters. The summed E-state index contributed by atoms with van der Waals surface area (Å²) >= 11 is 0. The van der Waals surface area contributed by atoms with Crippen molar-refractivity contribution in [1.82, 2.24) is 10.2 Å². The second-order valence-corrected chi connectivity index (χ2v) is 5.06. The van der Waals surface area contributed by atoms with Crippen LogP contribution in [0.15, 0.2) is 24.3 Å². The summed E-state index contributed by atoms with van der Waals surface area (Å²) in [4.78, 5) is 13.4. The zero-order valence-corrected chi connectivity index (χ0v) is 11.4. The van der Waals surface area contributed by atoms with Crippen LogP contribution in [-0.2, 0) is 6.54 Å². The number of nitrogens with one attached hydrogen (secondary N) is 1. The molecule has 0 saturated carbocycles. The van der Waals surface area contributed by atoms with Gasteiger partial charge in [-0.3, -0.25) is 4.90 Å². The fraction of sp³-hybridized carbons (Fsp3) is 0.533. The first kappa shape index (κ1) is 14.0. The van der Waals surface area contributed by atoms with E-state index in [1.165, 1.54) is 19.4 Å². The van der Waals surface area contributed by atoms with E-state index in [4.69, 9.17) is 5.11 Å². The minimum absolute atomic E-state index is 0.357. The van der Waals surface area contributed by atoms with Crippen LogP contribution in [0.1, 0.15) is 35.7 Å². The van der Waals surface area contributed by atoms with Crippen molar-refractivity contribution >= 4 is 5.97 Å². The number of likely N-dealkylation sites (tertiary alicyclic amines) is 1. The molecule has 0 radical (unpaired) electrons. The lowest BCUT2D eigenvalue weighted by atomic mass is 10.1. The van der Waals surface area contributed by atoms with Crippen LogP contribution in [0.4, 0.5) is 0 Å². The number of likely N-dealkylation sites (N-methyl/N-ethyl adjacent to an activating group) is 1. The van der Waals surface area contributed by atoms with Gasteiger partial charge in [0.1, 0.15) is 0 Å². The molecule has 1 aromatic carbocycles. The molecule has 1 unspecified atom stereocenters. The van der Waals surface area contributed by atoms with Crippen LogP contribution >= 0.6 is 0 Å². The lowest BCUT2D eigenvalue weighted by Gasteiger charge is -2.23. The number of carboxylic acids is 1. The first-order chi connectivity index (χ1) is 9.20. The highest BCUT2D eigenvalue weighted by atomic mass is 16.4. The average Bonchev–Trinajstić information content (AvgIpc) is 2.86. The second-order valence-electron chi connectivity index (χ2n) is 5.06. The number of benzene rings is 1. The Morgan fingerprint density at radius 1 is 1.53 bits per heavy atom. The Kier molecular flexibility index (Phi) is 4.93. The molecular weight excluding hydrogens is 240 g/mol. The van der Waals surface area contributed by atoms with Crippen molar-refractivity contribution in [1.29, 1.82) is 0 Å². The van der Waals surface area contributed by atoms with Crippen LogP contribution in [0.5, 0.6) is 0 Å². The van der Waals surface area contributed by atoms with E-state index in [0.717, 1.165) is 25.2 Å². The highest BCUT2D eigenvalue weighted by molar-refractivity contribution is 5.87. The van der Waals surface area contributed by atoms with Gasteiger partial charge in [0.2, 0.25) is 0 Å². The molecule has 0 aromatic heterocycles. The first-order valence-electron chi connectivity index (χ1n) is 6.97. The van der Waals surface area contributed by atoms with Crippen molar-refractivity contribution in [2.75, 3.05) is 19.6 Å². The van der Waals surface area contributed by atoms with Gasteiger partial charge in [-0.2, -0.15) is 0 Å². The van der Waals surface area contributed by atoms with Crippen molar-refractivity contribution in [3.63, 3.8) is 0 Å². The summed E-state index contributed by atoms with van der Waals surface area (Å²) < 4.78 is 0. The van der Waals surface area contributed by atoms with Gasteiger partial charge < -0.3 is 10.4 Å². The molecule has 0 bridgehead atoms. The number of carbonyl (C=O) groups is 1. The van der Waals surface area contributed by atoms with Crippen LogP contribution in [0.2, 0.25) is 0 Å². The maximum Gasteiger partial charge on any atom is 0.335 e. The topological polar surface area (TPSA) is 52.6 Å². The smallest absolute Gasteiger partial charge is 0.335 e. The third kappa shape index (κ3) is 3.78. The third-order valence-corrected chi connectivity index (χ3v) is 3.79. The summed E-state index contributed by atoms with van der Waals surface area (Å²) in [5, 5.41) is 12.4. The van der Waals surface area contributed by atoms with Crippen molar-refractivity contribution in [2.45, 2.75) is 32.4 Å². The Hall–Kier alpha value is -1.39. The van der Waals surface area contributed by atoms with E-state index in [-0.39, 0.29) is 0 Å². The molecule has 0 amide bonds. The molecule has 4 nitrogen and oxygen atoms in total. The van der Waals surface area contributed by atoms with Gasteiger partial charge in [-0.1, -0.05) is 19.1 Å². The normalized spacial score (nSPS) is 19.7. The van der Waals surface area contributed by atoms with Gasteiger partial charge in [-0.05, 0) is 43.6 Å². The number of hydrogen-bond acceptors (Lipinski definition) is 3. The van der Waals surface area contributed by atoms with Crippen molar-refractivity contribution in [3.8, 4) is 0 Å². The van der Waals surface area contributed by atoms with E-state index >= 15 is 0 Å². The van der Waals surface area contributed by atoms with Crippen LogP contribution in [0.3, 0.4) is 0 Å². The van der Waals surface area contributed by atoms with Gasteiger partial charge in [0.15, 0.2) is 0 Å². The number of hydrogen-bond donors (Lipinski definition) is 2. The lowest BCUT2D eigenvalue weighted by molar-refractivity contribution is 0.0696. The number of carboxylic acid groups (broad SMARTS) is 1. The second kappa shape index (κ2) is 6.68. The number of rotatable bonds is 6. The zero-order chi connectivity index (χ0) is 13.7. The zero-order valence-electron chi connectivity index (χ0n) is 11.4. The van der Waals surface area contributed by atoms with Gasteiger partial charge in [0, 0.05) is 19.1 Å². The predicted molar refractivity (Wildman–Crippen MR) is 75.4 cm³/mol. The summed E-state index contributed by atoms with van der Waals surface area (Å²) in [6.45, 7) is 6.23. The Morgan fingerprint density at radius 2 is 2.37 bits per heavy atom. The van der Waals surface area contributed by atoms with Crippen LogP contribution in [0, 0.1) is 0 Å². The molecule has 104 valence electrons. The van der Waals surface area contributed by atoms with Gasteiger partial charge in [0.25, 0.3) is 0 Å².